The maximum absolute atomic E-state index is 8.96. The maximum Gasteiger partial charge on any atom is 0.504 e. The Balaban J connectivity index is 2.61. The van der Waals surface area contributed by atoms with Crippen molar-refractivity contribution in [2.75, 3.05) is 0 Å². The van der Waals surface area contributed by atoms with E-state index in [1.807, 2.05) is 6.92 Å². The van der Waals surface area contributed by atoms with E-state index in [-0.39, 0.29) is 18.5 Å². The van der Waals surface area contributed by atoms with Crippen molar-refractivity contribution in [3.8, 4) is 5.75 Å². The van der Waals surface area contributed by atoms with Crippen molar-refractivity contribution < 1.29 is 9.68 Å². The van der Waals surface area contributed by atoms with Crippen LogP contribution in [0.2, 0.25) is 0 Å². The summed E-state index contributed by atoms with van der Waals surface area (Å²) >= 11 is 0. The minimum absolute atomic E-state index is 0.187. The van der Waals surface area contributed by atoms with Gasteiger partial charge in [0.15, 0.2) is 0 Å². The lowest BCUT2D eigenvalue weighted by Crippen LogP contribution is -2.34. The van der Waals surface area contributed by atoms with Crippen LogP contribution in [0.15, 0.2) is 12.1 Å². The lowest BCUT2D eigenvalue weighted by atomic mass is 9.63. The van der Waals surface area contributed by atoms with Gasteiger partial charge in [0, 0.05) is 0 Å². The topological polar surface area (TPSA) is 29.5 Å². The molecular weight excluding hydrogens is 223 g/mol. The predicted octanol–water partition coefficient (Wildman–Crippen LogP) is 2.98. The highest BCUT2D eigenvalue weighted by atomic mass is 16.5. The van der Waals surface area contributed by atoms with Gasteiger partial charge in [0.1, 0.15) is 5.75 Å². The summed E-state index contributed by atoms with van der Waals surface area (Å²) in [6.07, 6.45) is 2.40. The van der Waals surface area contributed by atoms with Gasteiger partial charge >= 0.3 is 7.69 Å². The number of aryl methyl sites for hydroxylation is 1. The second-order valence-electron chi connectivity index (χ2n) is 6.70. The van der Waals surface area contributed by atoms with Crippen LogP contribution < -0.4 is 4.65 Å². The van der Waals surface area contributed by atoms with Crippen molar-refractivity contribution in [2.24, 2.45) is 0 Å². The van der Waals surface area contributed by atoms with Crippen LogP contribution in [0.1, 0.15) is 57.2 Å². The molecule has 98 valence electrons. The van der Waals surface area contributed by atoms with Crippen LogP contribution in [0.4, 0.5) is 0 Å². The smallest absolute Gasteiger partial charge is 0.504 e. The lowest BCUT2D eigenvalue weighted by molar-refractivity contribution is 0.330. The number of rotatable bonds is 2. The van der Waals surface area contributed by atoms with Crippen LogP contribution in [0, 0.1) is 6.92 Å². The van der Waals surface area contributed by atoms with Gasteiger partial charge in [-0.3, -0.25) is 0 Å². The minimum Gasteiger partial charge on any atom is -0.539 e. The van der Waals surface area contributed by atoms with Crippen molar-refractivity contribution >= 4 is 7.69 Å². The van der Waals surface area contributed by atoms with Crippen LogP contribution >= 0.6 is 0 Å². The Morgan fingerprint density at radius 1 is 1.06 bits per heavy atom. The van der Waals surface area contributed by atoms with E-state index in [0.29, 0.717) is 0 Å². The summed E-state index contributed by atoms with van der Waals surface area (Å²) in [6.45, 7) is 11.3. The van der Waals surface area contributed by atoms with Crippen LogP contribution in [0.3, 0.4) is 0 Å². The largest absolute Gasteiger partial charge is 0.539 e. The Hall–Kier alpha value is -0.955. The Morgan fingerprint density at radius 2 is 1.56 bits per heavy atom. The van der Waals surface area contributed by atoms with E-state index in [9.17, 15) is 0 Å². The third-order valence-corrected chi connectivity index (χ3v) is 4.37. The van der Waals surface area contributed by atoms with Gasteiger partial charge in [-0.1, -0.05) is 33.8 Å². The summed E-state index contributed by atoms with van der Waals surface area (Å²) in [5.74, 6) is 0.807. The van der Waals surface area contributed by atoms with Crippen molar-refractivity contribution in [3.05, 3.63) is 28.8 Å². The quantitative estimate of drug-likeness (QED) is 0.813. The standard InChI is InChI=1S/C15H23BO2/c1-10-8-11-12(9-13(10)18-16-17)15(4,5)7-6-14(11,2)3/h8-9,16-17H,6-7H2,1-5H3. The predicted molar refractivity (Wildman–Crippen MR) is 76.5 cm³/mol. The molecule has 0 bridgehead atoms. The number of hydrogen-bond acceptors (Lipinski definition) is 2. The van der Waals surface area contributed by atoms with Gasteiger partial charge in [-0.2, -0.15) is 0 Å². The summed E-state index contributed by atoms with van der Waals surface area (Å²) in [5, 5.41) is 8.96. The normalized spacial score (nSPS) is 20.1. The Morgan fingerprint density at radius 3 is 2.06 bits per heavy atom. The van der Waals surface area contributed by atoms with Crippen LogP contribution in [0.5, 0.6) is 5.75 Å². The molecule has 0 fully saturated rings. The average Bonchev–Trinajstić information content (AvgIpc) is 2.27. The van der Waals surface area contributed by atoms with Gasteiger partial charge < -0.3 is 9.68 Å². The van der Waals surface area contributed by atoms with E-state index in [0.717, 1.165) is 11.3 Å². The molecular formula is C15H23BO2. The van der Waals surface area contributed by atoms with E-state index >= 15 is 0 Å². The summed E-state index contributed by atoms with van der Waals surface area (Å²) in [7, 11) is -0.260. The van der Waals surface area contributed by atoms with Gasteiger partial charge in [0.25, 0.3) is 0 Å². The van der Waals surface area contributed by atoms with Crippen molar-refractivity contribution in [1.82, 2.24) is 0 Å². The molecule has 0 unspecified atom stereocenters. The van der Waals surface area contributed by atoms with Crippen LogP contribution in [0.25, 0.3) is 0 Å². The molecule has 2 rings (SSSR count). The Labute approximate surface area is 111 Å². The molecule has 0 spiro atoms. The van der Waals surface area contributed by atoms with Gasteiger partial charge in [-0.15, -0.1) is 0 Å². The first-order valence-electron chi connectivity index (χ1n) is 6.67. The van der Waals surface area contributed by atoms with Gasteiger partial charge in [0.2, 0.25) is 0 Å². The SMILES string of the molecule is Cc1cc2c(cc1OBO)C(C)(C)CCC2(C)C. The number of benzene rings is 1. The zero-order chi connectivity index (χ0) is 13.6. The van der Waals surface area contributed by atoms with E-state index in [2.05, 4.69) is 39.8 Å². The molecule has 0 amide bonds. The Kier molecular flexibility index (Phi) is 3.22. The second-order valence-corrected chi connectivity index (χ2v) is 6.70. The number of hydrogen-bond donors (Lipinski definition) is 1. The van der Waals surface area contributed by atoms with Crippen molar-refractivity contribution in [2.45, 2.75) is 58.3 Å². The van der Waals surface area contributed by atoms with Crippen LogP contribution in [-0.2, 0) is 10.8 Å². The molecule has 0 aliphatic heterocycles. The maximum atomic E-state index is 8.96. The molecule has 1 aliphatic carbocycles. The molecule has 1 aromatic carbocycles. The third-order valence-electron chi connectivity index (χ3n) is 4.37. The molecule has 0 heterocycles. The minimum atomic E-state index is -0.260. The van der Waals surface area contributed by atoms with Gasteiger partial charge in [-0.05, 0) is 53.4 Å². The molecule has 0 saturated heterocycles. The molecule has 18 heavy (non-hydrogen) atoms. The molecule has 1 aromatic rings. The molecule has 2 nitrogen and oxygen atoms in total. The zero-order valence-electron chi connectivity index (χ0n) is 12.1. The van der Waals surface area contributed by atoms with Crippen molar-refractivity contribution in [3.63, 3.8) is 0 Å². The van der Waals surface area contributed by atoms with Gasteiger partial charge in [0.05, 0.1) is 0 Å². The molecule has 0 aromatic heterocycles. The highest BCUT2D eigenvalue weighted by Crippen LogP contribution is 2.47. The van der Waals surface area contributed by atoms with E-state index in [1.54, 1.807) is 0 Å². The first-order valence-corrected chi connectivity index (χ1v) is 6.67. The zero-order valence-corrected chi connectivity index (χ0v) is 12.1. The fraction of sp³-hybridized carbons (Fsp3) is 0.600. The van der Waals surface area contributed by atoms with E-state index < -0.39 is 0 Å². The van der Waals surface area contributed by atoms with Crippen molar-refractivity contribution in [1.29, 1.82) is 0 Å². The Bertz CT molecular complexity index is 464. The molecule has 1 N–H and O–H groups in total. The lowest BCUT2D eigenvalue weighted by Gasteiger charge is -2.42. The molecule has 0 saturated carbocycles. The summed E-state index contributed by atoms with van der Waals surface area (Å²) in [4.78, 5) is 0. The highest BCUT2D eigenvalue weighted by molar-refractivity contribution is 6.17. The molecule has 0 radical (unpaired) electrons. The van der Waals surface area contributed by atoms with Crippen LogP contribution in [-0.4, -0.2) is 12.7 Å². The summed E-state index contributed by atoms with van der Waals surface area (Å²) < 4.78 is 5.32. The first-order chi connectivity index (χ1) is 8.28. The monoisotopic (exact) mass is 246 g/mol. The summed E-state index contributed by atoms with van der Waals surface area (Å²) in [6, 6.07) is 4.36. The second kappa shape index (κ2) is 4.31. The number of fused-ring (bicyclic) bond motifs is 1. The fourth-order valence-corrected chi connectivity index (χ4v) is 2.93. The van der Waals surface area contributed by atoms with Gasteiger partial charge in [-0.25, -0.2) is 0 Å². The fourth-order valence-electron chi connectivity index (χ4n) is 2.93. The highest BCUT2D eigenvalue weighted by Gasteiger charge is 2.37. The van der Waals surface area contributed by atoms with E-state index in [4.69, 9.17) is 9.68 Å². The molecule has 1 aliphatic rings. The van der Waals surface area contributed by atoms with E-state index in [1.165, 1.54) is 24.0 Å². The molecule has 0 atom stereocenters. The average molecular weight is 246 g/mol. The third kappa shape index (κ3) is 2.16. The first kappa shape index (κ1) is 13.5. The summed E-state index contributed by atoms with van der Waals surface area (Å²) in [5.41, 5.74) is 4.32. The molecule has 3 heteroatoms.